The number of hydrogen-bond acceptors (Lipinski definition) is 4. The van der Waals surface area contributed by atoms with E-state index in [1.807, 2.05) is 18.2 Å². The zero-order valence-electron chi connectivity index (χ0n) is 12.1. The first-order valence-corrected chi connectivity index (χ1v) is 8.85. The van der Waals surface area contributed by atoms with Gasteiger partial charge in [0.15, 0.2) is 0 Å². The van der Waals surface area contributed by atoms with E-state index in [9.17, 15) is 8.42 Å². The molecule has 1 unspecified atom stereocenters. The third kappa shape index (κ3) is 4.68. The Balaban J connectivity index is 1.94. The molecule has 1 aromatic carbocycles. The van der Waals surface area contributed by atoms with Crippen LogP contribution in [-0.4, -0.2) is 45.8 Å². The minimum Gasteiger partial charge on any atom is -0.383 e. The zero-order chi connectivity index (χ0) is 14.6. The first-order valence-electron chi connectivity index (χ1n) is 6.96. The lowest BCUT2D eigenvalue weighted by Gasteiger charge is -2.32. The number of nitrogens with one attached hydrogen (secondary N) is 2. The maximum atomic E-state index is 11.2. The van der Waals surface area contributed by atoms with E-state index in [1.54, 1.807) is 6.07 Å². The van der Waals surface area contributed by atoms with Gasteiger partial charge in [-0.25, -0.2) is 8.42 Å². The predicted octanol–water partition coefficient (Wildman–Crippen LogP) is 1.95. The van der Waals surface area contributed by atoms with E-state index < -0.39 is 10.0 Å². The van der Waals surface area contributed by atoms with E-state index in [4.69, 9.17) is 0 Å². The van der Waals surface area contributed by atoms with E-state index in [1.165, 1.54) is 19.3 Å². The fraction of sp³-hybridized carbons (Fsp3) is 0.571. The van der Waals surface area contributed by atoms with E-state index in [0.717, 1.165) is 25.0 Å². The molecule has 20 heavy (non-hydrogen) atoms. The van der Waals surface area contributed by atoms with Crippen LogP contribution in [-0.2, 0) is 10.0 Å². The second-order valence-corrected chi connectivity index (χ2v) is 7.21. The summed E-state index contributed by atoms with van der Waals surface area (Å²) in [6, 6.07) is 7.93. The van der Waals surface area contributed by atoms with Crippen molar-refractivity contribution >= 4 is 21.4 Å². The van der Waals surface area contributed by atoms with Gasteiger partial charge in [0.05, 0.1) is 11.9 Å². The van der Waals surface area contributed by atoms with Crippen LogP contribution in [0.4, 0.5) is 11.4 Å². The molecule has 1 aliphatic rings. The second kappa shape index (κ2) is 6.45. The van der Waals surface area contributed by atoms with Gasteiger partial charge in [0, 0.05) is 18.3 Å². The molecule has 1 heterocycles. The number of sulfonamides is 1. The fourth-order valence-electron chi connectivity index (χ4n) is 2.54. The van der Waals surface area contributed by atoms with Gasteiger partial charge in [-0.15, -0.1) is 0 Å². The van der Waals surface area contributed by atoms with Crippen molar-refractivity contribution in [2.45, 2.75) is 25.3 Å². The highest BCUT2D eigenvalue weighted by atomic mass is 32.2. The molecular weight excluding hydrogens is 274 g/mol. The maximum Gasteiger partial charge on any atom is 0.229 e. The Morgan fingerprint density at radius 3 is 2.75 bits per heavy atom. The number of benzene rings is 1. The SMILES string of the molecule is CN1CCCCC1CNc1cccc(NS(C)(=O)=O)c1. The average Bonchev–Trinajstić information content (AvgIpc) is 2.36. The Labute approximate surface area is 121 Å². The molecule has 1 atom stereocenters. The van der Waals surface area contributed by atoms with Crippen LogP contribution >= 0.6 is 0 Å². The lowest BCUT2D eigenvalue weighted by molar-refractivity contribution is 0.194. The molecule has 6 heteroatoms. The van der Waals surface area contributed by atoms with Gasteiger partial charge in [-0.05, 0) is 44.6 Å². The summed E-state index contributed by atoms with van der Waals surface area (Å²) in [5, 5.41) is 3.39. The highest BCUT2D eigenvalue weighted by Crippen LogP contribution is 2.19. The molecular formula is C14H23N3O2S. The van der Waals surface area contributed by atoms with Crippen LogP contribution in [0.25, 0.3) is 0 Å². The zero-order valence-corrected chi connectivity index (χ0v) is 12.9. The Bertz CT molecular complexity index is 545. The number of rotatable bonds is 5. The smallest absolute Gasteiger partial charge is 0.229 e. The minimum absolute atomic E-state index is 0.551. The third-order valence-electron chi connectivity index (χ3n) is 3.63. The Morgan fingerprint density at radius 2 is 2.05 bits per heavy atom. The van der Waals surface area contributed by atoms with Crippen LogP contribution in [0.5, 0.6) is 0 Å². The van der Waals surface area contributed by atoms with Gasteiger partial charge in [-0.2, -0.15) is 0 Å². The maximum absolute atomic E-state index is 11.2. The lowest BCUT2D eigenvalue weighted by atomic mass is 10.0. The molecule has 0 bridgehead atoms. The first kappa shape index (κ1) is 15.1. The Kier molecular flexibility index (Phi) is 4.88. The van der Waals surface area contributed by atoms with Crippen molar-refractivity contribution in [2.24, 2.45) is 0 Å². The van der Waals surface area contributed by atoms with Crippen molar-refractivity contribution in [1.29, 1.82) is 0 Å². The third-order valence-corrected chi connectivity index (χ3v) is 4.24. The largest absolute Gasteiger partial charge is 0.383 e. The van der Waals surface area contributed by atoms with Crippen LogP contribution in [0.15, 0.2) is 24.3 Å². The van der Waals surface area contributed by atoms with Crippen molar-refractivity contribution in [3.63, 3.8) is 0 Å². The standard InChI is InChI=1S/C14H23N3O2S/c1-17-9-4-3-8-14(17)11-15-12-6-5-7-13(10-12)16-20(2,18)19/h5-7,10,14-16H,3-4,8-9,11H2,1-2H3. The first-order chi connectivity index (χ1) is 9.44. The summed E-state index contributed by atoms with van der Waals surface area (Å²) in [5.41, 5.74) is 1.53. The van der Waals surface area contributed by atoms with Crippen LogP contribution in [0.3, 0.4) is 0 Å². The van der Waals surface area contributed by atoms with Crippen LogP contribution in [0.1, 0.15) is 19.3 Å². The molecule has 112 valence electrons. The normalized spacial score (nSPS) is 20.6. The monoisotopic (exact) mass is 297 g/mol. The molecule has 0 aliphatic carbocycles. The highest BCUT2D eigenvalue weighted by molar-refractivity contribution is 7.92. The highest BCUT2D eigenvalue weighted by Gasteiger charge is 2.18. The molecule has 0 radical (unpaired) electrons. The molecule has 0 saturated carbocycles. The van der Waals surface area contributed by atoms with Gasteiger partial charge in [0.25, 0.3) is 0 Å². The average molecular weight is 297 g/mol. The van der Waals surface area contributed by atoms with E-state index in [0.29, 0.717) is 11.7 Å². The number of likely N-dealkylation sites (tertiary alicyclic amines) is 1. The van der Waals surface area contributed by atoms with Gasteiger partial charge in [-0.3, -0.25) is 4.72 Å². The van der Waals surface area contributed by atoms with Crippen LogP contribution in [0, 0.1) is 0 Å². The van der Waals surface area contributed by atoms with Gasteiger partial charge in [-0.1, -0.05) is 12.5 Å². The van der Waals surface area contributed by atoms with E-state index in [2.05, 4.69) is 22.0 Å². The molecule has 1 aliphatic heterocycles. The molecule has 1 saturated heterocycles. The number of piperidine rings is 1. The van der Waals surface area contributed by atoms with Gasteiger partial charge in [0.1, 0.15) is 0 Å². The summed E-state index contributed by atoms with van der Waals surface area (Å²) in [4.78, 5) is 2.38. The Morgan fingerprint density at radius 1 is 1.30 bits per heavy atom. The van der Waals surface area contributed by atoms with E-state index in [-0.39, 0.29) is 0 Å². The quantitative estimate of drug-likeness (QED) is 0.872. The summed E-state index contributed by atoms with van der Waals surface area (Å²) in [5.74, 6) is 0. The number of hydrogen-bond donors (Lipinski definition) is 2. The van der Waals surface area contributed by atoms with Crippen molar-refractivity contribution in [3.05, 3.63) is 24.3 Å². The van der Waals surface area contributed by atoms with Gasteiger partial charge < -0.3 is 10.2 Å². The van der Waals surface area contributed by atoms with Gasteiger partial charge in [0.2, 0.25) is 10.0 Å². The topological polar surface area (TPSA) is 61.4 Å². The van der Waals surface area contributed by atoms with Crippen molar-refractivity contribution < 1.29 is 8.42 Å². The molecule has 2 rings (SSSR count). The number of anilines is 2. The molecule has 1 fully saturated rings. The summed E-state index contributed by atoms with van der Waals surface area (Å²) in [6.07, 6.45) is 4.93. The van der Waals surface area contributed by atoms with Crippen molar-refractivity contribution in [3.8, 4) is 0 Å². The molecule has 5 nitrogen and oxygen atoms in total. The van der Waals surface area contributed by atoms with E-state index >= 15 is 0 Å². The summed E-state index contributed by atoms with van der Waals surface area (Å²) in [6.45, 7) is 2.04. The van der Waals surface area contributed by atoms with Crippen LogP contribution in [0.2, 0.25) is 0 Å². The summed E-state index contributed by atoms with van der Waals surface area (Å²) >= 11 is 0. The summed E-state index contributed by atoms with van der Waals surface area (Å²) in [7, 11) is -1.06. The number of likely N-dealkylation sites (N-methyl/N-ethyl adjacent to an activating group) is 1. The molecule has 0 amide bonds. The number of nitrogens with zero attached hydrogens (tertiary/aromatic N) is 1. The molecule has 1 aromatic rings. The predicted molar refractivity (Wildman–Crippen MR) is 83.7 cm³/mol. The molecule has 2 N–H and O–H groups in total. The van der Waals surface area contributed by atoms with Crippen molar-refractivity contribution in [2.75, 3.05) is 36.4 Å². The van der Waals surface area contributed by atoms with Crippen LogP contribution < -0.4 is 10.0 Å². The summed E-state index contributed by atoms with van der Waals surface area (Å²) < 4.78 is 24.9. The van der Waals surface area contributed by atoms with Gasteiger partial charge >= 0.3 is 0 Å². The lowest BCUT2D eigenvalue weighted by Crippen LogP contribution is -2.40. The molecule has 0 spiro atoms. The van der Waals surface area contributed by atoms with Crippen molar-refractivity contribution in [1.82, 2.24) is 4.90 Å². The molecule has 0 aromatic heterocycles. The minimum atomic E-state index is -3.22. The Hall–Kier alpha value is -1.27. The fourth-order valence-corrected chi connectivity index (χ4v) is 3.10. The second-order valence-electron chi connectivity index (χ2n) is 5.47.